The van der Waals surface area contributed by atoms with Crippen LogP contribution in [0, 0.1) is 5.92 Å². The van der Waals surface area contributed by atoms with Crippen LogP contribution in [0.2, 0.25) is 0 Å². The van der Waals surface area contributed by atoms with E-state index in [1.165, 1.54) is 31.6 Å². The fourth-order valence-electron chi connectivity index (χ4n) is 4.18. The SMILES string of the molecule is CC1CN(C)CCC1N1CCNC(C)(c2ccccc2)C1. The molecule has 3 nitrogen and oxygen atoms in total. The Balaban J connectivity index is 1.74. The Morgan fingerprint density at radius 2 is 1.95 bits per heavy atom. The molecule has 0 bridgehead atoms. The van der Waals surface area contributed by atoms with Crippen LogP contribution >= 0.6 is 0 Å². The number of piperazine rings is 1. The molecule has 2 fully saturated rings. The summed E-state index contributed by atoms with van der Waals surface area (Å²) in [6.07, 6.45) is 1.31. The van der Waals surface area contributed by atoms with E-state index in [9.17, 15) is 0 Å². The predicted molar refractivity (Wildman–Crippen MR) is 88.4 cm³/mol. The highest BCUT2D eigenvalue weighted by Crippen LogP contribution is 2.29. The minimum Gasteiger partial charge on any atom is -0.306 e. The first kappa shape index (κ1) is 15.0. The topological polar surface area (TPSA) is 18.5 Å². The van der Waals surface area contributed by atoms with E-state index in [0.717, 1.165) is 25.0 Å². The van der Waals surface area contributed by atoms with Crippen LogP contribution in [0.15, 0.2) is 30.3 Å². The van der Waals surface area contributed by atoms with E-state index in [2.05, 4.69) is 66.3 Å². The molecule has 0 aromatic heterocycles. The first-order valence-corrected chi connectivity index (χ1v) is 8.32. The Kier molecular flexibility index (Phi) is 4.34. The van der Waals surface area contributed by atoms with E-state index >= 15 is 0 Å². The number of piperidine rings is 1. The number of hydrogen-bond acceptors (Lipinski definition) is 3. The Bertz CT molecular complexity index is 461. The van der Waals surface area contributed by atoms with E-state index in [-0.39, 0.29) is 5.54 Å². The number of rotatable bonds is 2. The van der Waals surface area contributed by atoms with E-state index in [1.807, 2.05) is 0 Å². The van der Waals surface area contributed by atoms with Crippen molar-refractivity contribution >= 4 is 0 Å². The van der Waals surface area contributed by atoms with Crippen molar-refractivity contribution in [3.05, 3.63) is 35.9 Å². The summed E-state index contributed by atoms with van der Waals surface area (Å²) in [5.74, 6) is 0.766. The predicted octanol–water partition coefficient (Wildman–Crippen LogP) is 2.15. The summed E-state index contributed by atoms with van der Waals surface area (Å²) >= 11 is 0. The lowest BCUT2D eigenvalue weighted by atomic mass is 9.86. The number of likely N-dealkylation sites (tertiary alicyclic amines) is 1. The van der Waals surface area contributed by atoms with Gasteiger partial charge in [0.05, 0.1) is 5.54 Å². The summed E-state index contributed by atoms with van der Waals surface area (Å²) in [5.41, 5.74) is 1.50. The Morgan fingerprint density at radius 3 is 2.67 bits per heavy atom. The smallest absolute Gasteiger partial charge is 0.0535 e. The van der Waals surface area contributed by atoms with Crippen LogP contribution < -0.4 is 5.32 Å². The monoisotopic (exact) mass is 287 g/mol. The lowest BCUT2D eigenvalue weighted by Gasteiger charge is -2.49. The Morgan fingerprint density at radius 1 is 1.19 bits per heavy atom. The highest BCUT2D eigenvalue weighted by molar-refractivity contribution is 5.25. The largest absolute Gasteiger partial charge is 0.306 e. The van der Waals surface area contributed by atoms with Crippen molar-refractivity contribution < 1.29 is 0 Å². The average molecular weight is 287 g/mol. The molecule has 1 aromatic rings. The molecule has 3 heteroatoms. The van der Waals surface area contributed by atoms with Gasteiger partial charge in [0, 0.05) is 32.2 Å². The molecular formula is C18H29N3. The van der Waals surface area contributed by atoms with Crippen molar-refractivity contribution in [2.75, 3.05) is 39.8 Å². The fraction of sp³-hybridized carbons (Fsp3) is 0.667. The summed E-state index contributed by atoms with van der Waals surface area (Å²) in [6.45, 7) is 10.6. The molecule has 2 aliphatic heterocycles. The molecule has 2 heterocycles. The van der Waals surface area contributed by atoms with Crippen LogP contribution in [0.4, 0.5) is 0 Å². The maximum Gasteiger partial charge on any atom is 0.0535 e. The van der Waals surface area contributed by atoms with Crippen molar-refractivity contribution in [1.82, 2.24) is 15.1 Å². The zero-order chi connectivity index (χ0) is 14.9. The number of benzene rings is 1. The van der Waals surface area contributed by atoms with E-state index < -0.39 is 0 Å². The standard InChI is InChI=1S/C18H29N3/c1-15-13-20(3)11-9-17(15)21-12-10-19-18(2,14-21)16-7-5-4-6-8-16/h4-8,15,17,19H,9-14H2,1-3H3. The molecule has 2 aliphatic rings. The second-order valence-electron chi connectivity index (χ2n) is 7.19. The maximum absolute atomic E-state index is 3.75. The molecule has 3 atom stereocenters. The highest BCUT2D eigenvalue weighted by atomic mass is 15.3. The van der Waals surface area contributed by atoms with Gasteiger partial charge in [-0.2, -0.15) is 0 Å². The normalized spacial score (nSPS) is 35.8. The van der Waals surface area contributed by atoms with Gasteiger partial charge in [0.1, 0.15) is 0 Å². The maximum atomic E-state index is 3.75. The van der Waals surface area contributed by atoms with Gasteiger partial charge in [-0.15, -0.1) is 0 Å². The Labute approximate surface area is 129 Å². The average Bonchev–Trinajstić information content (AvgIpc) is 2.48. The minimum absolute atomic E-state index is 0.0859. The molecule has 1 N–H and O–H groups in total. The molecule has 0 spiro atoms. The summed E-state index contributed by atoms with van der Waals surface area (Å²) in [6, 6.07) is 11.7. The summed E-state index contributed by atoms with van der Waals surface area (Å²) in [5, 5.41) is 3.75. The van der Waals surface area contributed by atoms with Gasteiger partial charge in [-0.25, -0.2) is 0 Å². The molecule has 1 aromatic carbocycles. The van der Waals surface area contributed by atoms with E-state index in [0.29, 0.717) is 0 Å². The van der Waals surface area contributed by atoms with Crippen LogP contribution in [0.1, 0.15) is 25.8 Å². The highest BCUT2D eigenvalue weighted by Gasteiger charge is 2.37. The molecule has 3 rings (SSSR count). The second-order valence-corrected chi connectivity index (χ2v) is 7.19. The first-order valence-electron chi connectivity index (χ1n) is 8.32. The summed E-state index contributed by atoms with van der Waals surface area (Å²) in [7, 11) is 2.25. The van der Waals surface area contributed by atoms with Gasteiger partial charge in [-0.1, -0.05) is 37.3 Å². The van der Waals surface area contributed by atoms with Gasteiger partial charge in [0.15, 0.2) is 0 Å². The lowest BCUT2D eigenvalue weighted by Crippen LogP contribution is -2.61. The van der Waals surface area contributed by atoms with Crippen molar-refractivity contribution in [3.63, 3.8) is 0 Å². The van der Waals surface area contributed by atoms with E-state index in [1.54, 1.807) is 0 Å². The van der Waals surface area contributed by atoms with Crippen LogP contribution in [0.25, 0.3) is 0 Å². The Hall–Kier alpha value is -0.900. The van der Waals surface area contributed by atoms with Crippen molar-refractivity contribution in [3.8, 4) is 0 Å². The first-order chi connectivity index (χ1) is 10.1. The molecular weight excluding hydrogens is 258 g/mol. The molecule has 116 valence electrons. The second kappa shape index (κ2) is 6.07. The zero-order valence-electron chi connectivity index (χ0n) is 13.7. The third-order valence-electron chi connectivity index (χ3n) is 5.38. The number of nitrogens with one attached hydrogen (secondary N) is 1. The molecule has 0 aliphatic carbocycles. The third-order valence-corrected chi connectivity index (χ3v) is 5.38. The number of hydrogen-bond donors (Lipinski definition) is 1. The fourth-order valence-corrected chi connectivity index (χ4v) is 4.18. The summed E-state index contributed by atoms with van der Waals surface area (Å²) < 4.78 is 0. The van der Waals surface area contributed by atoms with Crippen molar-refractivity contribution in [2.24, 2.45) is 5.92 Å². The van der Waals surface area contributed by atoms with Crippen LogP contribution in [-0.4, -0.2) is 55.6 Å². The molecule has 21 heavy (non-hydrogen) atoms. The van der Waals surface area contributed by atoms with Gasteiger partial charge in [-0.05, 0) is 38.4 Å². The quantitative estimate of drug-likeness (QED) is 0.899. The lowest BCUT2D eigenvalue weighted by molar-refractivity contribution is 0.0333. The van der Waals surface area contributed by atoms with E-state index in [4.69, 9.17) is 0 Å². The minimum atomic E-state index is 0.0859. The molecule has 3 unspecified atom stereocenters. The van der Waals surface area contributed by atoms with Gasteiger partial charge >= 0.3 is 0 Å². The molecule has 0 amide bonds. The van der Waals surface area contributed by atoms with Gasteiger partial charge in [0.25, 0.3) is 0 Å². The zero-order valence-corrected chi connectivity index (χ0v) is 13.7. The van der Waals surface area contributed by atoms with Gasteiger partial charge < -0.3 is 10.2 Å². The van der Waals surface area contributed by atoms with Crippen LogP contribution in [0.3, 0.4) is 0 Å². The third kappa shape index (κ3) is 3.15. The molecule has 2 saturated heterocycles. The van der Waals surface area contributed by atoms with Gasteiger partial charge in [0.2, 0.25) is 0 Å². The summed E-state index contributed by atoms with van der Waals surface area (Å²) in [4.78, 5) is 5.21. The molecule has 0 radical (unpaired) electrons. The van der Waals surface area contributed by atoms with Crippen molar-refractivity contribution in [2.45, 2.75) is 31.8 Å². The van der Waals surface area contributed by atoms with Crippen molar-refractivity contribution in [1.29, 1.82) is 0 Å². The van der Waals surface area contributed by atoms with Crippen LogP contribution in [0.5, 0.6) is 0 Å². The number of nitrogens with zero attached hydrogens (tertiary/aromatic N) is 2. The van der Waals surface area contributed by atoms with Crippen LogP contribution in [-0.2, 0) is 5.54 Å². The molecule has 0 saturated carbocycles. The van der Waals surface area contributed by atoms with Gasteiger partial charge in [-0.3, -0.25) is 4.90 Å².